The fourth-order valence-electron chi connectivity index (χ4n) is 5.15. The fraction of sp³-hybridized carbons (Fsp3) is 0.429. The Balaban J connectivity index is 1.59. The van der Waals surface area contributed by atoms with Gasteiger partial charge in [0.15, 0.2) is 0 Å². The third-order valence-electron chi connectivity index (χ3n) is 6.97. The van der Waals surface area contributed by atoms with Gasteiger partial charge in [0.25, 0.3) is 10.0 Å². The molecule has 37 heavy (non-hydrogen) atoms. The number of sulfonamides is 1. The van der Waals surface area contributed by atoms with Crippen LogP contribution in [0.4, 0.5) is 11.5 Å². The molecule has 1 fully saturated rings. The van der Waals surface area contributed by atoms with Crippen LogP contribution in [0, 0.1) is 19.8 Å². The van der Waals surface area contributed by atoms with Gasteiger partial charge in [-0.05, 0) is 69.0 Å². The summed E-state index contributed by atoms with van der Waals surface area (Å²) in [6.45, 7) is 13.7. The van der Waals surface area contributed by atoms with Crippen LogP contribution in [-0.2, 0) is 10.0 Å². The Hall–Kier alpha value is -3.17. The number of nitrogens with zero attached hydrogens (tertiary/aromatic N) is 3. The number of fused-ring (bicyclic) bond motifs is 1. The van der Waals surface area contributed by atoms with Crippen molar-refractivity contribution in [1.82, 2.24) is 9.88 Å². The first kappa shape index (κ1) is 26.9. The van der Waals surface area contributed by atoms with Crippen LogP contribution in [0.25, 0.3) is 10.9 Å². The topological polar surface area (TPSA) is 103 Å². The van der Waals surface area contributed by atoms with E-state index in [4.69, 9.17) is 4.98 Å². The Kier molecular flexibility index (Phi) is 7.75. The number of rotatable bonds is 8. The summed E-state index contributed by atoms with van der Waals surface area (Å²) in [6, 6.07) is 12.1. The van der Waals surface area contributed by atoms with E-state index in [9.17, 15) is 18.3 Å². The predicted molar refractivity (Wildman–Crippen MR) is 148 cm³/mol. The molecule has 1 aliphatic heterocycles. The van der Waals surface area contributed by atoms with Crippen molar-refractivity contribution >= 4 is 38.4 Å². The number of aryl methyl sites for hydroxylation is 2. The molecule has 2 heterocycles. The molecule has 1 aromatic heterocycles. The molecule has 198 valence electrons. The Labute approximate surface area is 219 Å². The number of aromatic nitrogens is 1. The maximum Gasteiger partial charge on any atom is 0.336 e. The van der Waals surface area contributed by atoms with Crippen LogP contribution in [0.2, 0.25) is 0 Å². The summed E-state index contributed by atoms with van der Waals surface area (Å²) >= 11 is 0. The minimum Gasteiger partial charge on any atom is -0.478 e. The van der Waals surface area contributed by atoms with Crippen molar-refractivity contribution < 1.29 is 18.3 Å². The number of nitrogens with one attached hydrogen (secondary N) is 1. The highest BCUT2D eigenvalue weighted by atomic mass is 32.2. The van der Waals surface area contributed by atoms with Crippen LogP contribution >= 0.6 is 0 Å². The van der Waals surface area contributed by atoms with Gasteiger partial charge in [-0.2, -0.15) is 0 Å². The lowest BCUT2D eigenvalue weighted by molar-refractivity contribution is 0.0699. The highest BCUT2D eigenvalue weighted by Gasteiger charge is 2.24. The van der Waals surface area contributed by atoms with Gasteiger partial charge < -0.3 is 10.0 Å². The van der Waals surface area contributed by atoms with E-state index in [1.165, 1.54) is 0 Å². The smallest absolute Gasteiger partial charge is 0.336 e. The molecule has 1 atom stereocenters. The van der Waals surface area contributed by atoms with Gasteiger partial charge in [0.05, 0.1) is 16.0 Å². The zero-order chi connectivity index (χ0) is 26.9. The maximum atomic E-state index is 13.0. The van der Waals surface area contributed by atoms with Crippen LogP contribution in [0.3, 0.4) is 0 Å². The van der Waals surface area contributed by atoms with Crippen LogP contribution in [0.15, 0.2) is 47.4 Å². The lowest BCUT2D eigenvalue weighted by atomic mass is 10.0. The minimum absolute atomic E-state index is 0.100. The van der Waals surface area contributed by atoms with Gasteiger partial charge in [-0.25, -0.2) is 18.2 Å². The third kappa shape index (κ3) is 6.05. The SMILES string of the molecule is Cc1ccc(S(=O)(=O)Nc2ccc3nc(N4CCN(C(C)CC(C)C)CC4)cc(C(=O)O)c3c2)c(C)c1. The fourth-order valence-corrected chi connectivity index (χ4v) is 6.43. The van der Waals surface area contributed by atoms with E-state index in [1.54, 1.807) is 43.3 Å². The second-order valence-electron chi connectivity index (χ2n) is 10.4. The van der Waals surface area contributed by atoms with E-state index in [1.807, 2.05) is 13.0 Å². The number of benzene rings is 2. The van der Waals surface area contributed by atoms with E-state index in [2.05, 4.69) is 35.3 Å². The molecule has 0 saturated carbocycles. The van der Waals surface area contributed by atoms with Crippen molar-refractivity contribution in [1.29, 1.82) is 0 Å². The monoisotopic (exact) mass is 524 g/mol. The standard InChI is InChI=1S/C28H36N4O4S/c1-18(2)14-21(5)31-10-12-32(13-11-31)27-17-24(28(33)34)23-16-22(7-8-25(23)29-27)30-37(35,36)26-9-6-19(3)15-20(26)4/h6-9,15-18,21,30H,10-14H2,1-5H3,(H,33,34). The average molecular weight is 525 g/mol. The summed E-state index contributed by atoms with van der Waals surface area (Å²) in [5.74, 6) is 0.195. The zero-order valence-electron chi connectivity index (χ0n) is 22.2. The van der Waals surface area contributed by atoms with Crippen LogP contribution in [0.1, 0.15) is 48.7 Å². The van der Waals surface area contributed by atoms with Gasteiger partial charge in [0, 0.05) is 43.3 Å². The quantitative estimate of drug-likeness (QED) is 0.432. The number of piperazine rings is 1. The molecule has 0 bridgehead atoms. The summed E-state index contributed by atoms with van der Waals surface area (Å²) in [7, 11) is -3.84. The predicted octanol–water partition coefficient (Wildman–Crippen LogP) is 4.91. The van der Waals surface area contributed by atoms with Crippen LogP contribution < -0.4 is 9.62 Å². The molecule has 0 amide bonds. The van der Waals surface area contributed by atoms with Gasteiger partial charge in [-0.15, -0.1) is 0 Å². The third-order valence-corrected chi connectivity index (χ3v) is 8.51. The number of pyridine rings is 1. The number of hydrogen-bond donors (Lipinski definition) is 2. The molecular weight excluding hydrogens is 488 g/mol. The summed E-state index contributed by atoms with van der Waals surface area (Å²) in [5.41, 5.74) is 2.52. The lowest BCUT2D eigenvalue weighted by Crippen LogP contribution is -2.50. The second kappa shape index (κ2) is 10.7. The summed E-state index contributed by atoms with van der Waals surface area (Å²) in [5, 5.41) is 10.4. The normalized spacial score (nSPS) is 15.8. The number of carbonyl (C=O) groups is 1. The molecule has 2 N–H and O–H groups in total. The summed E-state index contributed by atoms with van der Waals surface area (Å²) in [4.78, 5) is 21.7. The van der Waals surface area contributed by atoms with E-state index < -0.39 is 16.0 Å². The maximum absolute atomic E-state index is 13.0. The zero-order valence-corrected chi connectivity index (χ0v) is 23.0. The van der Waals surface area contributed by atoms with Gasteiger partial charge in [-0.1, -0.05) is 31.5 Å². The average Bonchev–Trinajstić information content (AvgIpc) is 2.82. The van der Waals surface area contributed by atoms with Gasteiger partial charge >= 0.3 is 5.97 Å². The summed E-state index contributed by atoms with van der Waals surface area (Å²) in [6.07, 6.45) is 1.15. The molecule has 3 aromatic rings. The molecule has 0 aliphatic carbocycles. The van der Waals surface area contributed by atoms with E-state index >= 15 is 0 Å². The largest absolute Gasteiger partial charge is 0.478 e. The number of aromatic carboxylic acids is 1. The minimum atomic E-state index is -3.84. The van der Waals surface area contributed by atoms with Crippen molar-refractivity contribution in [3.05, 3.63) is 59.2 Å². The number of carboxylic acids is 1. The van der Waals surface area contributed by atoms with Crippen molar-refractivity contribution in [3.63, 3.8) is 0 Å². The van der Waals surface area contributed by atoms with Crippen molar-refractivity contribution in [3.8, 4) is 0 Å². The highest BCUT2D eigenvalue weighted by molar-refractivity contribution is 7.92. The molecule has 2 aromatic carbocycles. The molecule has 4 rings (SSSR count). The highest BCUT2D eigenvalue weighted by Crippen LogP contribution is 2.29. The Morgan fingerprint density at radius 3 is 2.35 bits per heavy atom. The molecule has 9 heteroatoms. The molecule has 0 radical (unpaired) electrons. The second-order valence-corrected chi connectivity index (χ2v) is 12.1. The van der Waals surface area contributed by atoms with Gasteiger partial charge in [0.2, 0.25) is 0 Å². The molecule has 8 nitrogen and oxygen atoms in total. The molecule has 1 saturated heterocycles. The number of carboxylic acid groups (broad SMARTS) is 1. The van der Waals surface area contributed by atoms with Gasteiger partial charge in [0.1, 0.15) is 5.82 Å². The molecule has 1 aliphatic rings. The Morgan fingerprint density at radius 1 is 1.03 bits per heavy atom. The van der Waals surface area contributed by atoms with Crippen molar-refractivity contribution in [2.45, 2.75) is 52.0 Å². The van der Waals surface area contributed by atoms with Crippen molar-refractivity contribution in [2.24, 2.45) is 5.92 Å². The lowest BCUT2D eigenvalue weighted by Gasteiger charge is -2.39. The first-order valence-corrected chi connectivity index (χ1v) is 14.2. The first-order chi connectivity index (χ1) is 17.4. The number of anilines is 2. The van der Waals surface area contributed by atoms with Crippen molar-refractivity contribution in [2.75, 3.05) is 35.8 Å². The van der Waals surface area contributed by atoms with Crippen LogP contribution in [0.5, 0.6) is 0 Å². The van der Waals surface area contributed by atoms with E-state index in [0.29, 0.717) is 34.2 Å². The molecule has 1 unspecified atom stereocenters. The Bertz CT molecular complexity index is 1410. The van der Waals surface area contributed by atoms with E-state index in [0.717, 1.165) is 38.2 Å². The Morgan fingerprint density at radius 2 is 1.73 bits per heavy atom. The molecule has 0 spiro atoms. The van der Waals surface area contributed by atoms with Gasteiger partial charge in [-0.3, -0.25) is 9.62 Å². The number of hydrogen-bond acceptors (Lipinski definition) is 6. The first-order valence-electron chi connectivity index (χ1n) is 12.7. The van der Waals surface area contributed by atoms with E-state index in [-0.39, 0.29) is 16.1 Å². The summed E-state index contributed by atoms with van der Waals surface area (Å²) < 4.78 is 28.7. The van der Waals surface area contributed by atoms with Crippen LogP contribution in [-0.4, -0.2) is 61.6 Å². The molecular formula is C28H36N4O4S.